The number of non-ortho nitro benzene ring substituents is 1. The Kier molecular flexibility index (Phi) is 5.48. The molecule has 0 aliphatic carbocycles. The quantitative estimate of drug-likeness (QED) is 0.286. The molecular formula is C24H22N4O7. The normalized spacial score (nSPS) is 24.8. The number of benzene rings is 2. The van der Waals surface area contributed by atoms with Crippen molar-refractivity contribution in [1.82, 2.24) is 15.1 Å². The largest absolute Gasteiger partial charge is 0.443 e. The molecule has 0 unspecified atom stereocenters. The minimum Gasteiger partial charge on any atom is -0.443 e. The number of hydrazine groups is 1. The van der Waals surface area contributed by atoms with E-state index in [2.05, 4.69) is 0 Å². The molecule has 2 bridgehead atoms. The Bertz CT molecular complexity index is 1230. The zero-order chi connectivity index (χ0) is 24.9. The summed E-state index contributed by atoms with van der Waals surface area (Å²) in [6, 6.07) is 13.6. The van der Waals surface area contributed by atoms with E-state index in [1.807, 2.05) is 6.92 Å². The number of amides is 3. The van der Waals surface area contributed by atoms with Gasteiger partial charge in [-0.2, -0.15) is 10.1 Å². The number of carbonyl (C=O) groups is 3. The van der Waals surface area contributed by atoms with Gasteiger partial charge in [0.1, 0.15) is 12.7 Å². The van der Waals surface area contributed by atoms with Crippen LogP contribution in [-0.4, -0.2) is 56.2 Å². The number of fused-ring (bicyclic) bond motifs is 1. The molecule has 3 amide bonds. The molecule has 35 heavy (non-hydrogen) atoms. The maximum atomic E-state index is 13.3. The van der Waals surface area contributed by atoms with Crippen LogP contribution in [0.1, 0.15) is 29.8 Å². The fourth-order valence-corrected chi connectivity index (χ4v) is 4.56. The van der Waals surface area contributed by atoms with Crippen LogP contribution in [0.15, 0.2) is 66.2 Å². The van der Waals surface area contributed by atoms with Crippen molar-refractivity contribution in [3.63, 3.8) is 0 Å². The summed E-state index contributed by atoms with van der Waals surface area (Å²) in [7, 11) is 0. The van der Waals surface area contributed by atoms with Gasteiger partial charge in [0.15, 0.2) is 6.17 Å². The second-order valence-electron chi connectivity index (χ2n) is 8.63. The van der Waals surface area contributed by atoms with Crippen LogP contribution < -0.4 is 0 Å². The van der Waals surface area contributed by atoms with Gasteiger partial charge in [0.25, 0.3) is 11.6 Å². The van der Waals surface area contributed by atoms with E-state index in [0.717, 1.165) is 15.6 Å². The van der Waals surface area contributed by atoms with E-state index in [0.29, 0.717) is 11.1 Å². The van der Waals surface area contributed by atoms with Crippen LogP contribution in [-0.2, 0) is 21.0 Å². The molecule has 180 valence electrons. The first kappa shape index (κ1) is 22.5. The first-order valence-electron chi connectivity index (χ1n) is 11.0. The van der Waals surface area contributed by atoms with Crippen molar-refractivity contribution in [3.8, 4) is 0 Å². The van der Waals surface area contributed by atoms with Crippen molar-refractivity contribution in [2.45, 2.75) is 38.8 Å². The third-order valence-corrected chi connectivity index (χ3v) is 6.45. The van der Waals surface area contributed by atoms with Crippen molar-refractivity contribution >= 4 is 23.6 Å². The molecule has 0 radical (unpaired) electrons. The fraction of sp³-hybridized carbons (Fsp3) is 0.292. The van der Waals surface area contributed by atoms with Gasteiger partial charge in [0.2, 0.25) is 5.91 Å². The molecule has 6 rings (SSSR count). The van der Waals surface area contributed by atoms with Crippen LogP contribution in [0.4, 0.5) is 10.5 Å². The zero-order valence-electron chi connectivity index (χ0n) is 18.9. The number of ether oxygens (including phenoxy) is 1. The lowest BCUT2D eigenvalue weighted by Crippen LogP contribution is -2.70. The average molecular weight is 478 g/mol. The van der Waals surface area contributed by atoms with Gasteiger partial charge in [0.05, 0.1) is 16.9 Å². The lowest BCUT2D eigenvalue weighted by Gasteiger charge is -2.49. The number of nitrogens with zero attached hydrogens (tertiary/aromatic N) is 4. The highest BCUT2D eigenvalue weighted by Gasteiger charge is 2.61. The van der Waals surface area contributed by atoms with E-state index in [1.165, 1.54) is 29.3 Å². The molecular weight excluding hydrogens is 456 g/mol. The maximum absolute atomic E-state index is 13.3. The molecule has 11 heteroatoms. The third kappa shape index (κ3) is 3.69. The second-order valence-corrected chi connectivity index (χ2v) is 8.63. The van der Waals surface area contributed by atoms with Gasteiger partial charge in [-0.3, -0.25) is 24.5 Å². The highest BCUT2D eigenvalue weighted by atomic mass is 16.7. The monoisotopic (exact) mass is 478 g/mol. The number of β-lactam (4-membered cyclic amide) rings is 1. The Morgan fingerprint density at radius 2 is 1.80 bits per heavy atom. The molecule has 4 heterocycles. The molecule has 2 aromatic carbocycles. The summed E-state index contributed by atoms with van der Waals surface area (Å²) in [5.41, 5.74) is 1.61. The van der Waals surface area contributed by atoms with E-state index in [1.54, 1.807) is 43.3 Å². The summed E-state index contributed by atoms with van der Waals surface area (Å²) in [5.74, 6) is -1.16. The summed E-state index contributed by atoms with van der Waals surface area (Å²) in [6.45, 7) is 3.41. The van der Waals surface area contributed by atoms with Gasteiger partial charge in [-0.25, -0.2) is 9.80 Å². The van der Waals surface area contributed by atoms with E-state index in [-0.39, 0.29) is 18.2 Å². The lowest BCUT2D eigenvalue weighted by molar-refractivity contribution is -0.384. The van der Waals surface area contributed by atoms with Crippen molar-refractivity contribution in [3.05, 3.63) is 87.5 Å². The zero-order valence-corrected chi connectivity index (χ0v) is 18.9. The van der Waals surface area contributed by atoms with Gasteiger partial charge in [-0.1, -0.05) is 25.1 Å². The first-order chi connectivity index (χ1) is 16.8. The van der Waals surface area contributed by atoms with E-state index in [9.17, 15) is 24.5 Å². The summed E-state index contributed by atoms with van der Waals surface area (Å²) in [6.07, 6.45) is -0.760. The molecule has 2 aromatic rings. The van der Waals surface area contributed by atoms with Crippen molar-refractivity contribution in [2.75, 3.05) is 0 Å². The predicted octanol–water partition coefficient (Wildman–Crippen LogP) is 3.04. The Labute approximate surface area is 200 Å². The van der Waals surface area contributed by atoms with E-state index >= 15 is 0 Å². The minimum absolute atomic E-state index is 0.0829. The van der Waals surface area contributed by atoms with Crippen molar-refractivity contribution in [2.24, 2.45) is 5.92 Å². The molecule has 11 nitrogen and oxygen atoms in total. The molecule has 0 aromatic heterocycles. The standard InChI is InChI=1S/C24H22N4O7/c1-14-12-19-25(24(31)34-13-16-8-10-18(11-9-16)28(32)33)26-20(15(2)22(26)29)21(14)35-27(19)23(30)17-6-4-3-5-7-17/h3-12,15,19-21H,13H2,1-2H3/t15-,19-,20+,21-/m1/s1. The van der Waals surface area contributed by atoms with Gasteiger partial charge in [0, 0.05) is 17.7 Å². The van der Waals surface area contributed by atoms with Crippen LogP contribution in [0, 0.1) is 16.0 Å². The predicted molar refractivity (Wildman–Crippen MR) is 120 cm³/mol. The van der Waals surface area contributed by atoms with Crippen LogP contribution in [0.25, 0.3) is 0 Å². The van der Waals surface area contributed by atoms with Gasteiger partial charge in [-0.05, 0) is 48.4 Å². The average Bonchev–Trinajstić information content (AvgIpc) is 3.07. The number of rotatable bonds is 4. The fourth-order valence-electron chi connectivity index (χ4n) is 4.56. The Morgan fingerprint density at radius 1 is 1.11 bits per heavy atom. The van der Waals surface area contributed by atoms with Gasteiger partial charge >= 0.3 is 6.09 Å². The molecule has 4 aliphatic heterocycles. The highest BCUT2D eigenvalue weighted by Crippen LogP contribution is 2.43. The maximum Gasteiger partial charge on any atom is 0.431 e. The first-order valence-corrected chi connectivity index (χ1v) is 11.0. The Hall–Kier alpha value is -4.25. The topological polar surface area (TPSA) is 123 Å². The Balaban J connectivity index is 1.44. The lowest BCUT2D eigenvalue weighted by atomic mass is 9.84. The minimum atomic E-state index is -1.04. The molecule has 2 saturated heterocycles. The SMILES string of the molecule is CC1=C[C@H]2N(C(=O)c3ccccc3)O[C@H]1[C@@H]1[C@@H](C)C(=O)N1N2C(=O)OCc1ccc([N+](=O)[O-])cc1. The summed E-state index contributed by atoms with van der Waals surface area (Å²) in [5, 5.41) is 14.4. The van der Waals surface area contributed by atoms with Crippen LogP contribution in [0.5, 0.6) is 0 Å². The van der Waals surface area contributed by atoms with Crippen LogP contribution in [0.2, 0.25) is 0 Å². The molecule has 0 N–H and O–H groups in total. The number of hydrogen-bond acceptors (Lipinski definition) is 7. The van der Waals surface area contributed by atoms with Gasteiger partial charge in [-0.15, -0.1) is 0 Å². The van der Waals surface area contributed by atoms with E-state index < -0.39 is 41.2 Å². The summed E-state index contributed by atoms with van der Waals surface area (Å²) >= 11 is 0. The third-order valence-electron chi connectivity index (χ3n) is 6.45. The van der Waals surface area contributed by atoms with E-state index in [4.69, 9.17) is 9.57 Å². The van der Waals surface area contributed by atoms with Gasteiger partial charge < -0.3 is 4.74 Å². The second kappa shape index (κ2) is 8.51. The summed E-state index contributed by atoms with van der Waals surface area (Å²) in [4.78, 5) is 55.9. The Morgan fingerprint density at radius 3 is 2.46 bits per heavy atom. The number of nitro groups is 1. The van der Waals surface area contributed by atoms with Crippen LogP contribution in [0.3, 0.4) is 0 Å². The van der Waals surface area contributed by atoms with Crippen molar-refractivity contribution < 1.29 is 28.9 Å². The number of hydroxylamine groups is 2. The highest BCUT2D eigenvalue weighted by molar-refractivity contribution is 5.95. The number of hydrogen-bond donors (Lipinski definition) is 0. The molecule has 0 spiro atoms. The van der Waals surface area contributed by atoms with Crippen LogP contribution >= 0.6 is 0 Å². The number of nitro benzene ring substituents is 1. The summed E-state index contributed by atoms with van der Waals surface area (Å²) < 4.78 is 5.48. The van der Waals surface area contributed by atoms with Crippen molar-refractivity contribution in [1.29, 1.82) is 0 Å². The molecule has 4 atom stereocenters. The number of carbonyl (C=O) groups excluding carboxylic acids is 3. The smallest absolute Gasteiger partial charge is 0.431 e. The molecule has 4 aliphatic rings. The molecule has 2 fully saturated rings. The molecule has 0 saturated carbocycles.